The maximum atomic E-state index is 9.37. The summed E-state index contributed by atoms with van der Waals surface area (Å²) in [6, 6.07) is 0. The molecule has 0 aliphatic carbocycles. The fourth-order valence-corrected chi connectivity index (χ4v) is 4.51. The molecule has 3 heteroatoms. The molecule has 0 fully saturated rings. The summed E-state index contributed by atoms with van der Waals surface area (Å²) in [5.41, 5.74) is 0. The van der Waals surface area contributed by atoms with Crippen molar-refractivity contribution in [2.24, 2.45) is 0 Å². The van der Waals surface area contributed by atoms with Crippen LogP contribution >= 0.6 is 11.8 Å². The lowest BCUT2D eigenvalue weighted by Gasteiger charge is -2.04. The number of unbranched alkanes of at least 4 members (excludes halogenated alkanes) is 18. The Hall–Kier alpha value is -0.180. The molecule has 0 spiro atoms. The first kappa shape index (κ1) is 32.0. The molecule has 0 bridgehead atoms. The van der Waals surface area contributed by atoms with Gasteiger partial charge in [-0.15, -0.1) is 0 Å². The molecule has 0 unspecified atom stereocenters. The zero-order valence-corrected chi connectivity index (χ0v) is 21.8. The molecule has 0 aromatic rings. The molecule has 0 atom stereocenters. The molecule has 1 N–H and O–H groups in total. The highest BCUT2D eigenvalue weighted by atomic mass is 32.2. The fourth-order valence-electron chi connectivity index (χ4n) is 3.49. The normalized spacial score (nSPS) is 10.6. The van der Waals surface area contributed by atoms with Crippen molar-refractivity contribution in [3.63, 3.8) is 0 Å². The number of hydrogen-bond donors (Lipinski definition) is 1. The van der Waals surface area contributed by atoms with E-state index in [1.807, 2.05) is 0 Å². The van der Waals surface area contributed by atoms with E-state index in [-0.39, 0.29) is 6.42 Å². The second-order valence-corrected chi connectivity index (χ2v) is 9.95. The molecule has 0 aromatic heterocycles. The second-order valence-electron chi connectivity index (χ2n) is 8.72. The average Bonchev–Trinajstić information content (AvgIpc) is 2.75. The van der Waals surface area contributed by atoms with Crippen LogP contribution in [0.5, 0.6) is 0 Å². The summed E-state index contributed by atoms with van der Waals surface area (Å²) >= 11 is 2.21. The van der Waals surface area contributed by atoms with Crippen LogP contribution in [0, 0.1) is 0 Å². The van der Waals surface area contributed by atoms with Crippen molar-refractivity contribution in [1.82, 2.24) is 0 Å². The highest BCUT2D eigenvalue weighted by molar-refractivity contribution is 7.99. The van der Waals surface area contributed by atoms with E-state index in [9.17, 15) is 4.79 Å². The standard InChI is InChI=1S/C24H50S.C3H6O2/c1-3-5-7-9-11-13-15-17-19-21-23-25-24-22-20-18-16-14-12-10-8-6-4-2;1-2-3(4)5/h3-24H2,1-2H3;2H2,1H3,(H,4,5). The van der Waals surface area contributed by atoms with Crippen molar-refractivity contribution in [3.05, 3.63) is 0 Å². The largest absolute Gasteiger partial charge is 0.481 e. The van der Waals surface area contributed by atoms with Crippen molar-refractivity contribution in [2.75, 3.05) is 11.5 Å². The van der Waals surface area contributed by atoms with E-state index >= 15 is 0 Å². The van der Waals surface area contributed by atoms with Gasteiger partial charge in [0.05, 0.1) is 0 Å². The Morgan fingerprint density at radius 1 is 0.500 bits per heavy atom. The predicted octanol–water partition coefficient (Wildman–Crippen LogP) is 10.0. The fraction of sp³-hybridized carbons (Fsp3) is 0.963. The Labute approximate surface area is 194 Å². The molecule has 0 saturated carbocycles. The molecule has 0 radical (unpaired) electrons. The number of carboxylic acids is 1. The molecular weight excluding hydrogens is 388 g/mol. The van der Waals surface area contributed by atoms with Gasteiger partial charge >= 0.3 is 5.97 Å². The molecule has 0 rings (SSSR count). The van der Waals surface area contributed by atoms with E-state index in [0.717, 1.165) is 0 Å². The summed E-state index contributed by atoms with van der Waals surface area (Å²) in [7, 11) is 0. The maximum absolute atomic E-state index is 9.37. The number of aliphatic carboxylic acids is 1. The molecule has 30 heavy (non-hydrogen) atoms. The van der Waals surface area contributed by atoms with Crippen molar-refractivity contribution in [2.45, 2.75) is 156 Å². The molecule has 0 amide bonds. The first-order chi connectivity index (χ1) is 14.7. The van der Waals surface area contributed by atoms with Gasteiger partial charge in [-0.1, -0.05) is 136 Å². The quantitative estimate of drug-likeness (QED) is 0.159. The van der Waals surface area contributed by atoms with Crippen LogP contribution in [0.4, 0.5) is 0 Å². The van der Waals surface area contributed by atoms with Crippen LogP contribution in [-0.4, -0.2) is 22.6 Å². The van der Waals surface area contributed by atoms with E-state index in [1.165, 1.54) is 140 Å². The maximum Gasteiger partial charge on any atom is 0.303 e. The lowest BCUT2D eigenvalue weighted by atomic mass is 10.1. The van der Waals surface area contributed by atoms with Gasteiger partial charge in [-0.3, -0.25) is 4.79 Å². The zero-order chi connectivity index (χ0) is 22.5. The Balaban J connectivity index is 0. The van der Waals surface area contributed by atoms with Crippen LogP contribution in [-0.2, 0) is 4.79 Å². The Morgan fingerprint density at radius 3 is 0.967 bits per heavy atom. The first-order valence-corrected chi connectivity index (χ1v) is 14.6. The van der Waals surface area contributed by atoms with Crippen molar-refractivity contribution in [3.8, 4) is 0 Å². The van der Waals surface area contributed by atoms with Crippen LogP contribution < -0.4 is 0 Å². The zero-order valence-electron chi connectivity index (χ0n) is 21.0. The summed E-state index contributed by atoms with van der Waals surface area (Å²) < 4.78 is 0. The van der Waals surface area contributed by atoms with Crippen LogP contribution in [0.1, 0.15) is 156 Å². The smallest absolute Gasteiger partial charge is 0.303 e. The van der Waals surface area contributed by atoms with Crippen LogP contribution in [0.3, 0.4) is 0 Å². The van der Waals surface area contributed by atoms with Gasteiger partial charge < -0.3 is 5.11 Å². The van der Waals surface area contributed by atoms with E-state index in [1.54, 1.807) is 6.92 Å². The molecule has 0 saturated heterocycles. The van der Waals surface area contributed by atoms with E-state index in [2.05, 4.69) is 25.6 Å². The van der Waals surface area contributed by atoms with Gasteiger partial charge in [-0.25, -0.2) is 0 Å². The minimum Gasteiger partial charge on any atom is -0.481 e. The minimum absolute atomic E-state index is 0.222. The van der Waals surface area contributed by atoms with E-state index < -0.39 is 5.97 Å². The molecule has 0 aliphatic heterocycles. The number of hydrogen-bond acceptors (Lipinski definition) is 2. The third-order valence-corrected chi connectivity index (χ3v) is 6.74. The lowest BCUT2D eigenvalue weighted by molar-refractivity contribution is -0.136. The predicted molar refractivity (Wildman–Crippen MR) is 139 cm³/mol. The van der Waals surface area contributed by atoms with Crippen LogP contribution in [0.25, 0.3) is 0 Å². The summed E-state index contributed by atoms with van der Waals surface area (Å²) in [5, 5.41) is 7.72. The van der Waals surface area contributed by atoms with Gasteiger partial charge in [0.15, 0.2) is 0 Å². The second kappa shape index (κ2) is 31.0. The SMILES string of the molecule is CCC(=O)O.CCCCCCCCCCCCSCCCCCCCCCCCC. The van der Waals surface area contributed by atoms with Crippen molar-refractivity contribution >= 4 is 17.7 Å². The molecule has 0 heterocycles. The molecule has 0 aromatic carbocycles. The van der Waals surface area contributed by atoms with Gasteiger partial charge in [0, 0.05) is 6.42 Å². The Kier molecular flexibility index (Phi) is 33.1. The lowest BCUT2D eigenvalue weighted by Crippen LogP contribution is -1.87. The summed E-state index contributed by atoms with van der Waals surface area (Å²) in [6.45, 7) is 6.20. The summed E-state index contributed by atoms with van der Waals surface area (Å²) in [5.74, 6) is 2.08. The third-order valence-electron chi connectivity index (χ3n) is 5.59. The Bertz CT molecular complexity index is 285. The van der Waals surface area contributed by atoms with Crippen molar-refractivity contribution in [1.29, 1.82) is 0 Å². The molecule has 182 valence electrons. The topological polar surface area (TPSA) is 37.3 Å². The highest BCUT2D eigenvalue weighted by Gasteiger charge is 1.95. The van der Waals surface area contributed by atoms with Gasteiger partial charge in [0.2, 0.25) is 0 Å². The molecular formula is C27H56O2S. The first-order valence-electron chi connectivity index (χ1n) is 13.5. The molecule has 2 nitrogen and oxygen atoms in total. The summed E-state index contributed by atoms with van der Waals surface area (Å²) in [4.78, 5) is 9.37. The number of thioether (sulfide) groups is 1. The van der Waals surface area contributed by atoms with Gasteiger partial charge in [-0.05, 0) is 24.3 Å². The van der Waals surface area contributed by atoms with Crippen LogP contribution in [0.2, 0.25) is 0 Å². The van der Waals surface area contributed by atoms with Gasteiger partial charge in [-0.2, -0.15) is 11.8 Å². The van der Waals surface area contributed by atoms with Gasteiger partial charge in [0.1, 0.15) is 0 Å². The highest BCUT2D eigenvalue weighted by Crippen LogP contribution is 2.15. The number of carboxylic acid groups (broad SMARTS) is 1. The molecule has 0 aliphatic rings. The van der Waals surface area contributed by atoms with E-state index in [0.29, 0.717) is 0 Å². The number of carbonyl (C=O) groups is 1. The van der Waals surface area contributed by atoms with E-state index in [4.69, 9.17) is 5.11 Å². The minimum atomic E-state index is -0.745. The number of rotatable bonds is 23. The van der Waals surface area contributed by atoms with Gasteiger partial charge in [0.25, 0.3) is 0 Å². The van der Waals surface area contributed by atoms with Crippen molar-refractivity contribution < 1.29 is 9.90 Å². The average molecular weight is 445 g/mol. The monoisotopic (exact) mass is 444 g/mol. The summed E-state index contributed by atoms with van der Waals surface area (Å²) in [6.07, 6.45) is 29.4. The van der Waals surface area contributed by atoms with Crippen LogP contribution in [0.15, 0.2) is 0 Å². The third kappa shape index (κ3) is 35.3. The Morgan fingerprint density at radius 2 is 0.733 bits per heavy atom.